The summed E-state index contributed by atoms with van der Waals surface area (Å²) in [4.78, 5) is 15.9. The van der Waals surface area contributed by atoms with Gasteiger partial charge in [-0.05, 0) is 33.0 Å². The molecule has 1 aliphatic rings. The summed E-state index contributed by atoms with van der Waals surface area (Å²) in [6.45, 7) is 5.60. The molecular weight excluding hydrogens is 240 g/mol. The van der Waals surface area contributed by atoms with Crippen molar-refractivity contribution in [2.45, 2.75) is 25.9 Å². The molecule has 19 heavy (non-hydrogen) atoms. The minimum absolute atomic E-state index is 0.0859. The third kappa shape index (κ3) is 2.96. The first-order chi connectivity index (χ1) is 9.02. The number of ketones is 1. The van der Waals surface area contributed by atoms with Gasteiger partial charge >= 0.3 is 0 Å². The lowest BCUT2D eigenvalue weighted by Gasteiger charge is -2.44. The summed E-state index contributed by atoms with van der Waals surface area (Å²) < 4.78 is 0. The van der Waals surface area contributed by atoms with Gasteiger partial charge in [-0.15, -0.1) is 0 Å². The predicted octanol–water partition coefficient (Wildman–Crippen LogP) is 1.39. The fraction of sp³-hybridized carbons (Fsp3) is 0.533. The van der Waals surface area contributed by atoms with Crippen LogP contribution in [0.15, 0.2) is 24.3 Å². The molecule has 2 rings (SSSR count). The van der Waals surface area contributed by atoms with Gasteiger partial charge in [-0.25, -0.2) is 0 Å². The Morgan fingerprint density at radius 1 is 1.42 bits per heavy atom. The second kappa shape index (κ2) is 5.72. The van der Waals surface area contributed by atoms with E-state index in [0.717, 1.165) is 24.3 Å². The molecule has 2 atom stereocenters. The number of carbonyl (C=O) groups is 1. The molecule has 1 aliphatic heterocycles. The van der Waals surface area contributed by atoms with Crippen LogP contribution in [0.4, 0.5) is 5.69 Å². The zero-order chi connectivity index (χ0) is 14.0. The van der Waals surface area contributed by atoms with Crippen LogP contribution in [-0.4, -0.2) is 54.6 Å². The summed E-state index contributed by atoms with van der Waals surface area (Å²) in [6.07, 6.45) is 0. The minimum atomic E-state index is 0.0859. The maximum absolute atomic E-state index is 11.5. The lowest BCUT2D eigenvalue weighted by Crippen LogP contribution is -2.57. The van der Waals surface area contributed by atoms with Crippen LogP contribution in [0.3, 0.4) is 0 Å². The van der Waals surface area contributed by atoms with Crippen LogP contribution in [0.25, 0.3) is 0 Å². The number of hydrogen-bond donors (Lipinski definition) is 1. The monoisotopic (exact) mass is 262 g/mol. The summed E-state index contributed by atoms with van der Waals surface area (Å²) in [5, 5.41) is 9.46. The van der Waals surface area contributed by atoms with Crippen LogP contribution >= 0.6 is 0 Å². The molecule has 0 aliphatic carbocycles. The lowest BCUT2D eigenvalue weighted by molar-refractivity contribution is 0.0994. The Bertz CT molecular complexity index is 461. The number of nitrogens with zero attached hydrogens (tertiary/aromatic N) is 2. The summed E-state index contributed by atoms with van der Waals surface area (Å²) in [7, 11) is 2.05. The number of likely N-dealkylation sites (N-methyl/N-ethyl adjacent to an activating group) is 1. The van der Waals surface area contributed by atoms with Gasteiger partial charge in [0.25, 0.3) is 0 Å². The molecule has 0 amide bonds. The van der Waals surface area contributed by atoms with E-state index in [9.17, 15) is 9.90 Å². The second-order valence-electron chi connectivity index (χ2n) is 5.36. The molecule has 0 radical (unpaired) electrons. The largest absolute Gasteiger partial charge is 0.395 e. The zero-order valence-electron chi connectivity index (χ0n) is 11.8. The standard InChI is InChI=1S/C15H22N2O2/c1-11-8-17(9-15(10-18)16(11)3)14-6-4-5-13(7-14)12(2)19/h4-7,11,15,18H,8-10H2,1-3H3. The molecule has 1 heterocycles. The van der Waals surface area contributed by atoms with Crippen LogP contribution in [0.5, 0.6) is 0 Å². The first-order valence-electron chi connectivity index (χ1n) is 6.71. The van der Waals surface area contributed by atoms with E-state index >= 15 is 0 Å². The highest BCUT2D eigenvalue weighted by Gasteiger charge is 2.29. The van der Waals surface area contributed by atoms with E-state index in [1.54, 1.807) is 6.92 Å². The molecule has 4 nitrogen and oxygen atoms in total. The molecule has 0 saturated carbocycles. The van der Waals surface area contributed by atoms with E-state index in [1.165, 1.54) is 0 Å². The van der Waals surface area contributed by atoms with Crippen LogP contribution in [-0.2, 0) is 0 Å². The maximum atomic E-state index is 11.5. The average Bonchev–Trinajstić information content (AvgIpc) is 2.41. The number of rotatable bonds is 3. The molecule has 1 saturated heterocycles. The van der Waals surface area contributed by atoms with Crippen LogP contribution in [0.1, 0.15) is 24.2 Å². The number of aliphatic hydroxyl groups excluding tert-OH is 1. The molecule has 0 bridgehead atoms. The van der Waals surface area contributed by atoms with Crippen molar-refractivity contribution in [2.75, 3.05) is 31.6 Å². The molecule has 1 fully saturated rings. The molecule has 1 N–H and O–H groups in total. The first-order valence-corrected chi connectivity index (χ1v) is 6.71. The Morgan fingerprint density at radius 3 is 2.79 bits per heavy atom. The van der Waals surface area contributed by atoms with Gasteiger partial charge < -0.3 is 10.0 Å². The number of Topliss-reactive ketones (excluding diaryl/α,β-unsaturated/α-hetero) is 1. The molecule has 104 valence electrons. The van der Waals surface area contributed by atoms with Gasteiger partial charge in [-0.2, -0.15) is 0 Å². The Hall–Kier alpha value is -1.39. The molecule has 1 aromatic rings. The molecule has 0 aromatic heterocycles. The van der Waals surface area contributed by atoms with E-state index in [4.69, 9.17) is 0 Å². The lowest BCUT2D eigenvalue weighted by atomic mass is 10.1. The van der Waals surface area contributed by atoms with Crippen molar-refractivity contribution in [1.82, 2.24) is 4.90 Å². The summed E-state index contributed by atoms with van der Waals surface area (Å²) >= 11 is 0. The minimum Gasteiger partial charge on any atom is -0.395 e. The fourth-order valence-electron chi connectivity index (χ4n) is 2.58. The number of benzene rings is 1. The molecule has 1 aromatic carbocycles. The van der Waals surface area contributed by atoms with Gasteiger partial charge in [-0.1, -0.05) is 12.1 Å². The van der Waals surface area contributed by atoms with E-state index in [0.29, 0.717) is 6.04 Å². The summed E-state index contributed by atoms with van der Waals surface area (Å²) in [6, 6.07) is 8.25. The van der Waals surface area contributed by atoms with E-state index in [-0.39, 0.29) is 18.4 Å². The maximum Gasteiger partial charge on any atom is 0.159 e. The summed E-state index contributed by atoms with van der Waals surface area (Å²) in [5.41, 5.74) is 1.80. The summed E-state index contributed by atoms with van der Waals surface area (Å²) in [5.74, 6) is 0.0859. The van der Waals surface area contributed by atoms with Crippen LogP contribution < -0.4 is 4.90 Å². The van der Waals surface area contributed by atoms with Gasteiger partial charge in [0.15, 0.2) is 5.78 Å². The second-order valence-corrected chi connectivity index (χ2v) is 5.36. The number of carbonyl (C=O) groups excluding carboxylic acids is 1. The Balaban J connectivity index is 2.22. The van der Waals surface area contributed by atoms with Crippen molar-refractivity contribution >= 4 is 11.5 Å². The number of piperazine rings is 1. The van der Waals surface area contributed by atoms with E-state index in [2.05, 4.69) is 23.8 Å². The highest BCUT2D eigenvalue weighted by Crippen LogP contribution is 2.22. The Kier molecular flexibility index (Phi) is 4.22. The molecule has 4 heteroatoms. The Morgan fingerprint density at radius 2 is 2.16 bits per heavy atom. The third-order valence-corrected chi connectivity index (χ3v) is 4.02. The van der Waals surface area contributed by atoms with Crippen molar-refractivity contribution in [3.05, 3.63) is 29.8 Å². The van der Waals surface area contributed by atoms with Crippen molar-refractivity contribution in [1.29, 1.82) is 0 Å². The topological polar surface area (TPSA) is 43.8 Å². The van der Waals surface area contributed by atoms with Gasteiger partial charge in [-0.3, -0.25) is 9.69 Å². The van der Waals surface area contributed by atoms with Gasteiger partial charge in [0.2, 0.25) is 0 Å². The zero-order valence-corrected chi connectivity index (χ0v) is 11.8. The van der Waals surface area contributed by atoms with Crippen molar-refractivity contribution in [2.24, 2.45) is 0 Å². The van der Waals surface area contributed by atoms with Crippen molar-refractivity contribution in [3.63, 3.8) is 0 Å². The van der Waals surface area contributed by atoms with Gasteiger partial charge in [0.1, 0.15) is 0 Å². The SMILES string of the molecule is CC(=O)c1cccc(N2CC(C)N(C)C(CO)C2)c1. The highest BCUT2D eigenvalue weighted by atomic mass is 16.3. The molecule has 0 spiro atoms. The van der Waals surface area contributed by atoms with Gasteiger partial charge in [0.05, 0.1) is 12.6 Å². The number of anilines is 1. The number of hydrogen-bond acceptors (Lipinski definition) is 4. The first kappa shape index (κ1) is 14.0. The third-order valence-electron chi connectivity index (χ3n) is 4.02. The molecule has 2 unspecified atom stereocenters. The quantitative estimate of drug-likeness (QED) is 0.836. The van der Waals surface area contributed by atoms with Crippen molar-refractivity contribution < 1.29 is 9.90 Å². The predicted molar refractivity (Wildman–Crippen MR) is 76.8 cm³/mol. The van der Waals surface area contributed by atoms with Crippen molar-refractivity contribution in [3.8, 4) is 0 Å². The number of aliphatic hydroxyl groups is 1. The van der Waals surface area contributed by atoms with Gasteiger partial charge in [0, 0.05) is 30.4 Å². The Labute approximate surface area is 114 Å². The fourth-order valence-corrected chi connectivity index (χ4v) is 2.58. The van der Waals surface area contributed by atoms with Crippen LogP contribution in [0.2, 0.25) is 0 Å². The molecular formula is C15H22N2O2. The van der Waals surface area contributed by atoms with E-state index < -0.39 is 0 Å². The normalized spacial score (nSPS) is 24.5. The van der Waals surface area contributed by atoms with E-state index in [1.807, 2.05) is 24.3 Å². The smallest absolute Gasteiger partial charge is 0.159 e. The van der Waals surface area contributed by atoms with Crippen LogP contribution in [0, 0.1) is 0 Å². The average molecular weight is 262 g/mol. The highest BCUT2D eigenvalue weighted by molar-refractivity contribution is 5.95.